The number of ketones is 1. The third-order valence-corrected chi connectivity index (χ3v) is 3.21. The Morgan fingerprint density at radius 1 is 1.08 bits per heavy atom. The molecule has 0 radical (unpaired) electrons. The highest BCUT2D eigenvalue weighted by atomic mass is 16.6. The van der Waals surface area contributed by atoms with Crippen LogP contribution in [0.15, 0.2) is 70.2 Å². The van der Waals surface area contributed by atoms with Crippen LogP contribution in [0.4, 0.5) is 11.4 Å². The first-order valence-electron chi connectivity index (χ1n) is 7.06. The number of azo groups is 1. The van der Waals surface area contributed by atoms with Crippen molar-refractivity contribution < 1.29 is 14.8 Å². The van der Waals surface area contributed by atoms with Gasteiger partial charge in [-0.1, -0.05) is 36.4 Å². The molecule has 0 amide bonds. The van der Waals surface area contributed by atoms with Crippen LogP contribution in [0.3, 0.4) is 0 Å². The second kappa shape index (κ2) is 7.28. The topological polar surface area (TPSA) is 105 Å². The molecule has 2 aromatic carbocycles. The third kappa shape index (κ3) is 3.89. The van der Waals surface area contributed by atoms with Crippen molar-refractivity contribution in [3.63, 3.8) is 0 Å². The number of carbonyl (C=O) groups is 1. The fourth-order valence-electron chi connectivity index (χ4n) is 2.07. The highest BCUT2D eigenvalue weighted by Crippen LogP contribution is 2.33. The second-order valence-corrected chi connectivity index (χ2v) is 5.02. The summed E-state index contributed by atoms with van der Waals surface area (Å²) in [6.07, 6.45) is 0. The van der Waals surface area contributed by atoms with Crippen molar-refractivity contribution in [1.29, 1.82) is 0 Å². The summed E-state index contributed by atoms with van der Waals surface area (Å²) in [5, 5.41) is 28.1. The minimum Gasteiger partial charge on any atom is -0.510 e. The van der Waals surface area contributed by atoms with E-state index in [1.165, 1.54) is 26.0 Å². The van der Waals surface area contributed by atoms with Gasteiger partial charge in [-0.2, -0.15) is 0 Å². The summed E-state index contributed by atoms with van der Waals surface area (Å²) in [7, 11) is 0. The van der Waals surface area contributed by atoms with E-state index in [-0.39, 0.29) is 22.8 Å². The summed E-state index contributed by atoms with van der Waals surface area (Å²) in [5.41, 5.74) is 1.02. The van der Waals surface area contributed by atoms with Crippen molar-refractivity contribution in [2.75, 3.05) is 0 Å². The predicted octanol–water partition coefficient (Wildman–Crippen LogP) is 4.72. The highest BCUT2D eigenvalue weighted by Gasteiger charge is 2.16. The van der Waals surface area contributed by atoms with Crippen LogP contribution < -0.4 is 0 Å². The van der Waals surface area contributed by atoms with Crippen LogP contribution in [0.25, 0.3) is 11.1 Å². The van der Waals surface area contributed by atoms with Crippen LogP contribution in [0.5, 0.6) is 0 Å². The number of nitro benzene ring substituents is 1. The molecule has 0 unspecified atom stereocenters. The van der Waals surface area contributed by atoms with Crippen molar-refractivity contribution >= 4 is 17.2 Å². The lowest BCUT2D eigenvalue weighted by atomic mass is 10.0. The molecule has 24 heavy (non-hydrogen) atoms. The van der Waals surface area contributed by atoms with Crippen molar-refractivity contribution in [2.24, 2.45) is 10.2 Å². The van der Waals surface area contributed by atoms with E-state index in [9.17, 15) is 20.0 Å². The minimum atomic E-state index is -0.566. The molecule has 2 aromatic rings. The molecule has 0 saturated heterocycles. The molecule has 7 nitrogen and oxygen atoms in total. The fraction of sp³-hybridized carbons (Fsp3) is 0.118. The Balaban J connectivity index is 2.47. The normalized spacial score (nSPS) is 12.1. The third-order valence-electron chi connectivity index (χ3n) is 3.21. The van der Waals surface area contributed by atoms with Gasteiger partial charge in [-0.25, -0.2) is 0 Å². The van der Waals surface area contributed by atoms with Gasteiger partial charge in [0, 0.05) is 13.0 Å². The number of nitro groups is 1. The Kier molecular flexibility index (Phi) is 5.16. The second-order valence-electron chi connectivity index (χ2n) is 5.02. The van der Waals surface area contributed by atoms with Gasteiger partial charge in [0.05, 0.1) is 4.92 Å². The number of hydrogen-bond donors (Lipinski definition) is 1. The van der Waals surface area contributed by atoms with Gasteiger partial charge >= 0.3 is 0 Å². The summed E-state index contributed by atoms with van der Waals surface area (Å²) >= 11 is 0. The first-order chi connectivity index (χ1) is 11.4. The summed E-state index contributed by atoms with van der Waals surface area (Å²) in [6.45, 7) is 2.52. The standard InChI is InChI=1S/C17H15N3O4/c1-11(21)17(12(2)22)19-18-15-9-8-14(10-16(15)20(23)24)13-6-4-3-5-7-13/h3-10,21H,1-2H3. The summed E-state index contributed by atoms with van der Waals surface area (Å²) in [6, 6.07) is 13.7. The fourth-order valence-corrected chi connectivity index (χ4v) is 2.07. The summed E-state index contributed by atoms with van der Waals surface area (Å²) in [4.78, 5) is 22.1. The molecule has 0 bridgehead atoms. The summed E-state index contributed by atoms with van der Waals surface area (Å²) < 4.78 is 0. The number of hydrogen-bond acceptors (Lipinski definition) is 6. The zero-order valence-corrected chi connectivity index (χ0v) is 13.1. The van der Waals surface area contributed by atoms with Gasteiger partial charge in [0.25, 0.3) is 5.69 Å². The molecule has 7 heteroatoms. The number of aliphatic hydroxyl groups is 1. The maximum Gasteiger partial charge on any atom is 0.297 e. The van der Waals surface area contributed by atoms with Crippen molar-refractivity contribution in [3.05, 3.63) is 70.1 Å². The maximum atomic E-state index is 11.4. The molecule has 0 aliphatic rings. The van der Waals surface area contributed by atoms with E-state index in [0.717, 1.165) is 5.56 Å². The van der Waals surface area contributed by atoms with E-state index in [0.29, 0.717) is 5.56 Å². The molecule has 0 fully saturated rings. The minimum absolute atomic E-state index is 0.000295. The average molecular weight is 325 g/mol. The molecule has 0 atom stereocenters. The van der Waals surface area contributed by atoms with Crippen LogP contribution in [0.1, 0.15) is 13.8 Å². The highest BCUT2D eigenvalue weighted by molar-refractivity contribution is 5.93. The Hall–Kier alpha value is -3.35. The van der Waals surface area contributed by atoms with E-state index in [2.05, 4.69) is 10.2 Å². The molecule has 0 saturated carbocycles. The van der Waals surface area contributed by atoms with Crippen molar-refractivity contribution in [2.45, 2.75) is 13.8 Å². The lowest BCUT2D eigenvalue weighted by molar-refractivity contribution is -0.384. The number of aliphatic hydroxyl groups excluding tert-OH is 1. The Labute approximate surface area is 138 Å². The van der Waals surface area contributed by atoms with Gasteiger partial charge in [-0.3, -0.25) is 14.9 Å². The molecule has 0 aromatic heterocycles. The molecular weight excluding hydrogens is 310 g/mol. The van der Waals surface area contributed by atoms with E-state index in [4.69, 9.17) is 0 Å². The Morgan fingerprint density at radius 3 is 2.29 bits per heavy atom. The molecule has 2 rings (SSSR count). The van der Waals surface area contributed by atoms with Gasteiger partial charge in [-0.15, -0.1) is 10.2 Å². The number of nitrogens with zero attached hydrogens (tertiary/aromatic N) is 3. The number of benzene rings is 2. The zero-order valence-electron chi connectivity index (χ0n) is 13.1. The SMILES string of the molecule is CC(=O)C(N=Nc1ccc(-c2ccccc2)cc1[N+](=O)[O-])=C(C)O. The van der Waals surface area contributed by atoms with E-state index in [1.54, 1.807) is 6.07 Å². The molecule has 0 spiro atoms. The van der Waals surface area contributed by atoms with Crippen LogP contribution in [-0.4, -0.2) is 15.8 Å². The number of Topliss-reactive ketones (excluding diaryl/α,β-unsaturated/α-hetero) is 1. The largest absolute Gasteiger partial charge is 0.510 e. The zero-order chi connectivity index (χ0) is 17.7. The van der Waals surface area contributed by atoms with Crippen LogP contribution >= 0.6 is 0 Å². The Morgan fingerprint density at radius 2 is 1.75 bits per heavy atom. The molecular formula is C17H15N3O4. The number of rotatable bonds is 5. The first kappa shape index (κ1) is 17.0. The lowest BCUT2D eigenvalue weighted by Gasteiger charge is -2.03. The van der Waals surface area contributed by atoms with Gasteiger partial charge in [0.2, 0.25) is 0 Å². The van der Waals surface area contributed by atoms with E-state index in [1.807, 2.05) is 30.3 Å². The molecule has 0 heterocycles. The smallest absolute Gasteiger partial charge is 0.297 e. The van der Waals surface area contributed by atoms with Crippen LogP contribution in [-0.2, 0) is 4.79 Å². The van der Waals surface area contributed by atoms with Crippen molar-refractivity contribution in [3.8, 4) is 11.1 Å². The van der Waals surface area contributed by atoms with Crippen LogP contribution in [0, 0.1) is 10.1 Å². The van der Waals surface area contributed by atoms with E-state index >= 15 is 0 Å². The van der Waals surface area contributed by atoms with Crippen LogP contribution in [0.2, 0.25) is 0 Å². The van der Waals surface area contributed by atoms with Gasteiger partial charge in [-0.05, 0) is 24.1 Å². The van der Waals surface area contributed by atoms with Gasteiger partial charge < -0.3 is 5.11 Å². The lowest BCUT2D eigenvalue weighted by Crippen LogP contribution is -1.96. The summed E-state index contributed by atoms with van der Waals surface area (Å²) in [5.74, 6) is -0.780. The average Bonchev–Trinajstić information content (AvgIpc) is 2.55. The first-order valence-corrected chi connectivity index (χ1v) is 7.06. The molecule has 1 N–H and O–H groups in total. The number of allylic oxidation sites excluding steroid dienone is 2. The van der Waals surface area contributed by atoms with E-state index < -0.39 is 10.7 Å². The van der Waals surface area contributed by atoms with Gasteiger partial charge in [0.15, 0.2) is 17.2 Å². The predicted molar refractivity (Wildman–Crippen MR) is 89.1 cm³/mol. The monoisotopic (exact) mass is 325 g/mol. The Bertz CT molecular complexity index is 838. The quantitative estimate of drug-likeness (QED) is 0.282. The maximum absolute atomic E-state index is 11.4. The number of carbonyl (C=O) groups excluding carboxylic acids is 1. The molecule has 0 aliphatic carbocycles. The molecule has 122 valence electrons. The molecule has 0 aliphatic heterocycles. The van der Waals surface area contributed by atoms with Crippen molar-refractivity contribution in [1.82, 2.24) is 0 Å². The van der Waals surface area contributed by atoms with Gasteiger partial charge in [0.1, 0.15) is 5.76 Å².